The van der Waals surface area contributed by atoms with Crippen molar-refractivity contribution in [2.24, 2.45) is 5.84 Å². The van der Waals surface area contributed by atoms with Crippen LogP contribution in [0.15, 0.2) is 57.4 Å². The molecular weight excluding hydrogens is 316 g/mol. The van der Waals surface area contributed by atoms with Crippen LogP contribution in [0.25, 0.3) is 11.0 Å². The van der Waals surface area contributed by atoms with Gasteiger partial charge in [-0.15, -0.1) is 0 Å². The van der Waals surface area contributed by atoms with Crippen LogP contribution in [-0.4, -0.2) is 0 Å². The molecule has 1 aromatic heterocycles. The summed E-state index contributed by atoms with van der Waals surface area (Å²) in [6, 6.07) is 16.0. The molecule has 1 atom stereocenters. The van der Waals surface area contributed by atoms with Crippen LogP contribution < -0.4 is 11.3 Å². The van der Waals surface area contributed by atoms with E-state index in [4.69, 9.17) is 10.3 Å². The van der Waals surface area contributed by atoms with Crippen molar-refractivity contribution in [3.8, 4) is 0 Å². The monoisotopic (exact) mass is 330 g/mol. The van der Waals surface area contributed by atoms with Crippen LogP contribution in [0.3, 0.4) is 0 Å². The Morgan fingerprint density at radius 1 is 1.15 bits per heavy atom. The first-order chi connectivity index (χ1) is 9.67. The molecule has 0 saturated carbocycles. The number of nitrogens with two attached hydrogens (primary N) is 1. The van der Waals surface area contributed by atoms with E-state index in [1.807, 2.05) is 42.5 Å². The van der Waals surface area contributed by atoms with E-state index < -0.39 is 0 Å². The molecule has 102 valence electrons. The molecular formula is C16H15BrN2O. The molecule has 1 heterocycles. The molecule has 0 aliphatic carbocycles. The maximum Gasteiger partial charge on any atom is 0.134 e. The van der Waals surface area contributed by atoms with Crippen LogP contribution in [0.4, 0.5) is 0 Å². The van der Waals surface area contributed by atoms with Crippen LogP contribution in [-0.2, 0) is 0 Å². The summed E-state index contributed by atoms with van der Waals surface area (Å²) >= 11 is 3.48. The Kier molecular flexibility index (Phi) is 3.61. The third-order valence-corrected chi connectivity index (χ3v) is 3.82. The maximum atomic E-state index is 5.91. The first-order valence-electron chi connectivity index (χ1n) is 6.39. The lowest BCUT2D eigenvalue weighted by Gasteiger charge is -2.13. The lowest BCUT2D eigenvalue weighted by molar-refractivity contribution is 0.477. The summed E-state index contributed by atoms with van der Waals surface area (Å²) in [5.41, 5.74) is 5.96. The zero-order chi connectivity index (χ0) is 14.1. The largest absolute Gasteiger partial charge is 0.459 e. The molecule has 20 heavy (non-hydrogen) atoms. The number of furan rings is 1. The van der Waals surface area contributed by atoms with Crippen molar-refractivity contribution < 1.29 is 4.42 Å². The summed E-state index contributed by atoms with van der Waals surface area (Å²) < 4.78 is 6.93. The normalized spacial score (nSPS) is 12.8. The highest BCUT2D eigenvalue weighted by Crippen LogP contribution is 2.29. The molecule has 0 saturated heterocycles. The van der Waals surface area contributed by atoms with Gasteiger partial charge in [0.05, 0.1) is 0 Å². The van der Waals surface area contributed by atoms with Gasteiger partial charge in [0, 0.05) is 9.86 Å². The lowest BCUT2D eigenvalue weighted by Crippen LogP contribution is -2.28. The summed E-state index contributed by atoms with van der Waals surface area (Å²) in [4.78, 5) is 0. The average molecular weight is 331 g/mol. The second-order valence-corrected chi connectivity index (χ2v) is 5.76. The third kappa shape index (κ3) is 2.50. The fourth-order valence-corrected chi connectivity index (χ4v) is 2.77. The quantitative estimate of drug-likeness (QED) is 0.562. The van der Waals surface area contributed by atoms with Crippen LogP contribution in [0.2, 0.25) is 0 Å². The number of hydrogen-bond acceptors (Lipinski definition) is 3. The van der Waals surface area contributed by atoms with Gasteiger partial charge in [0.25, 0.3) is 0 Å². The number of halogens is 1. The topological polar surface area (TPSA) is 51.2 Å². The second-order valence-electron chi connectivity index (χ2n) is 4.84. The minimum Gasteiger partial charge on any atom is -0.459 e. The molecule has 2 aromatic carbocycles. The van der Waals surface area contributed by atoms with E-state index in [-0.39, 0.29) is 6.04 Å². The maximum absolute atomic E-state index is 5.91. The fourth-order valence-electron chi connectivity index (χ4n) is 2.35. The van der Waals surface area contributed by atoms with Crippen molar-refractivity contribution >= 4 is 26.9 Å². The van der Waals surface area contributed by atoms with E-state index in [0.29, 0.717) is 0 Å². The second kappa shape index (κ2) is 5.40. The van der Waals surface area contributed by atoms with Gasteiger partial charge in [0.2, 0.25) is 0 Å². The minimum atomic E-state index is -0.166. The van der Waals surface area contributed by atoms with Gasteiger partial charge in [-0.2, -0.15) is 0 Å². The van der Waals surface area contributed by atoms with Crippen molar-refractivity contribution in [2.75, 3.05) is 0 Å². The summed E-state index contributed by atoms with van der Waals surface area (Å²) in [6.07, 6.45) is 0. The standard InChI is InChI=1S/C16H15BrN2O/c1-10-5-6-14-12(7-10)9-15(20-14)16(19-18)11-3-2-4-13(17)8-11/h2-9,16,19H,18H2,1H3. The number of nitrogens with one attached hydrogen (secondary N) is 1. The van der Waals surface area contributed by atoms with Crippen LogP contribution in [0, 0.1) is 6.92 Å². The predicted molar refractivity (Wildman–Crippen MR) is 84.3 cm³/mol. The Balaban J connectivity index is 2.07. The van der Waals surface area contributed by atoms with Gasteiger partial charge in [0.1, 0.15) is 17.4 Å². The number of rotatable bonds is 3. The van der Waals surface area contributed by atoms with E-state index in [9.17, 15) is 0 Å². The number of aryl methyl sites for hydroxylation is 1. The van der Waals surface area contributed by atoms with Gasteiger partial charge in [-0.25, -0.2) is 5.43 Å². The van der Waals surface area contributed by atoms with Gasteiger partial charge in [0.15, 0.2) is 0 Å². The molecule has 0 spiro atoms. The summed E-state index contributed by atoms with van der Waals surface area (Å²) in [5.74, 6) is 6.52. The summed E-state index contributed by atoms with van der Waals surface area (Å²) in [6.45, 7) is 2.07. The first kappa shape index (κ1) is 13.4. The average Bonchev–Trinajstić information content (AvgIpc) is 2.82. The molecule has 0 amide bonds. The van der Waals surface area contributed by atoms with Gasteiger partial charge in [-0.1, -0.05) is 39.7 Å². The van der Waals surface area contributed by atoms with Crippen molar-refractivity contribution in [2.45, 2.75) is 13.0 Å². The van der Waals surface area contributed by atoms with Crippen molar-refractivity contribution in [3.05, 3.63) is 69.9 Å². The Bertz CT molecular complexity index is 751. The summed E-state index contributed by atoms with van der Waals surface area (Å²) in [5, 5.41) is 1.09. The smallest absolute Gasteiger partial charge is 0.134 e. The molecule has 3 aromatic rings. The number of hydrogen-bond donors (Lipinski definition) is 2. The van der Waals surface area contributed by atoms with Crippen LogP contribution >= 0.6 is 15.9 Å². The van der Waals surface area contributed by atoms with E-state index in [1.165, 1.54) is 5.56 Å². The number of hydrazine groups is 1. The molecule has 1 unspecified atom stereocenters. The van der Waals surface area contributed by atoms with E-state index >= 15 is 0 Å². The van der Waals surface area contributed by atoms with Gasteiger partial charge >= 0.3 is 0 Å². The highest BCUT2D eigenvalue weighted by Gasteiger charge is 2.17. The fraction of sp³-hybridized carbons (Fsp3) is 0.125. The Hall–Kier alpha value is -1.62. The van der Waals surface area contributed by atoms with Crippen LogP contribution in [0.5, 0.6) is 0 Å². The lowest BCUT2D eigenvalue weighted by atomic mass is 10.0. The summed E-state index contributed by atoms with van der Waals surface area (Å²) in [7, 11) is 0. The molecule has 0 fully saturated rings. The third-order valence-electron chi connectivity index (χ3n) is 3.32. The molecule has 0 bridgehead atoms. The van der Waals surface area contributed by atoms with Crippen LogP contribution in [0.1, 0.15) is 22.9 Å². The van der Waals surface area contributed by atoms with E-state index in [2.05, 4.69) is 34.3 Å². The van der Waals surface area contributed by atoms with Crippen molar-refractivity contribution in [3.63, 3.8) is 0 Å². The van der Waals surface area contributed by atoms with Crippen molar-refractivity contribution in [1.82, 2.24) is 5.43 Å². The SMILES string of the molecule is Cc1ccc2oc(C(NN)c3cccc(Br)c3)cc2c1. The zero-order valence-electron chi connectivity index (χ0n) is 11.1. The molecule has 4 heteroatoms. The Labute approximate surface area is 125 Å². The minimum absolute atomic E-state index is 0.166. The Morgan fingerprint density at radius 3 is 2.75 bits per heavy atom. The van der Waals surface area contributed by atoms with Gasteiger partial charge in [-0.05, 0) is 42.8 Å². The molecule has 0 aliphatic heterocycles. The molecule has 0 radical (unpaired) electrons. The molecule has 0 aliphatic rings. The molecule has 3 nitrogen and oxygen atoms in total. The first-order valence-corrected chi connectivity index (χ1v) is 7.18. The van der Waals surface area contributed by atoms with Gasteiger partial charge in [-0.3, -0.25) is 5.84 Å². The Morgan fingerprint density at radius 2 is 2.00 bits per heavy atom. The molecule has 3 rings (SSSR count). The van der Waals surface area contributed by atoms with E-state index in [0.717, 1.165) is 26.8 Å². The molecule has 3 N–H and O–H groups in total. The van der Waals surface area contributed by atoms with Crippen molar-refractivity contribution in [1.29, 1.82) is 0 Å². The number of benzene rings is 2. The van der Waals surface area contributed by atoms with E-state index in [1.54, 1.807) is 0 Å². The zero-order valence-corrected chi connectivity index (χ0v) is 12.6. The predicted octanol–water partition coefficient (Wildman–Crippen LogP) is 4.06. The highest BCUT2D eigenvalue weighted by molar-refractivity contribution is 9.10. The van der Waals surface area contributed by atoms with Gasteiger partial charge < -0.3 is 4.42 Å². The highest BCUT2D eigenvalue weighted by atomic mass is 79.9. The number of fused-ring (bicyclic) bond motifs is 1.